The summed E-state index contributed by atoms with van der Waals surface area (Å²) in [5.41, 5.74) is 3.58. The summed E-state index contributed by atoms with van der Waals surface area (Å²) in [5.74, 6) is -3.28. The highest BCUT2D eigenvalue weighted by Gasteiger charge is 2.58. The van der Waals surface area contributed by atoms with Crippen molar-refractivity contribution >= 4 is 23.9 Å². The van der Waals surface area contributed by atoms with E-state index in [1.165, 1.54) is 11.1 Å². The van der Waals surface area contributed by atoms with Crippen LogP contribution in [-0.4, -0.2) is 46.3 Å². The van der Waals surface area contributed by atoms with Crippen molar-refractivity contribution in [1.82, 2.24) is 0 Å². The van der Waals surface area contributed by atoms with Crippen LogP contribution in [0.2, 0.25) is 0 Å². The van der Waals surface area contributed by atoms with Gasteiger partial charge in [-0.1, -0.05) is 38.8 Å². The van der Waals surface area contributed by atoms with E-state index in [4.69, 9.17) is 9.47 Å². The van der Waals surface area contributed by atoms with E-state index < -0.39 is 23.8 Å². The van der Waals surface area contributed by atoms with Crippen LogP contribution < -0.4 is 0 Å². The molecule has 0 aromatic carbocycles. The second kappa shape index (κ2) is 11.6. The van der Waals surface area contributed by atoms with E-state index in [1.54, 1.807) is 0 Å². The molecule has 8 nitrogen and oxygen atoms in total. The molecular formula is C30H44O8. The van der Waals surface area contributed by atoms with Crippen molar-refractivity contribution in [2.75, 3.05) is 0 Å². The van der Waals surface area contributed by atoms with Crippen LogP contribution in [0.5, 0.6) is 0 Å². The third-order valence-corrected chi connectivity index (χ3v) is 8.37. The molecular weight excluding hydrogens is 488 g/mol. The van der Waals surface area contributed by atoms with Gasteiger partial charge in [0.1, 0.15) is 0 Å². The van der Waals surface area contributed by atoms with Crippen LogP contribution in [0, 0.1) is 47.3 Å². The Balaban J connectivity index is 0.000000211. The molecule has 6 atom stereocenters. The predicted molar refractivity (Wildman–Crippen MR) is 141 cm³/mol. The smallest absolute Gasteiger partial charge is 0.335 e. The molecule has 6 unspecified atom stereocenters. The number of carbonyl (C=O) groups excluding carboxylic acids is 2. The molecule has 2 N–H and O–H groups in total. The zero-order chi connectivity index (χ0) is 28.6. The lowest BCUT2D eigenvalue weighted by atomic mass is 9.70. The second-order valence-electron chi connectivity index (χ2n) is 12.3. The lowest BCUT2D eigenvalue weighted by Gasteiger charge is -2.33. The fraction of sp³-hybridized carbons (Fsp3) is 0.733. The van der Waals surface area contributed by atoms with Crippen LogP contribution in [0.1, 0.15) is 81.1 Å². The number of rotatable bonds is 8. The molecule has 0 aromatic heterocycles. The molecule has 4 aliphatic carbocycles. The minimum atomic E-state index is -0.958. The van der Waals surface area contributed by atoms with Crippen LogP contribution in [0.4, 0.5) is 0 Å². The molecule has 4 aliphatic rings. The molecule has 38 heavy (non-hydrogen) atoms. The number of carboxylic acid groups (broad SMARTS) is 2. The molecule has 8 heteroatoms. The van der Waals surface area contributed by atoms with Gasteiger partial charge in [-0.25, -0.2) is 9.59 Å². The van der Waals surface area contributed by atoms with Gasteiger partial charge in [-0.3, -0.25) is 9.59 Å². The molecule has 0 aromatic rings. The number of aliphatic carboxylic acids is 2. The largest absolute Gasteiger partial charge is 0.481 e. The lowest BCUT2D eigenvalue weighted by Crippen LogP contribution is -2.37. The van der Waals surface area contributed by atoms with Crippen molar-refractivity contribution in [2.45, 2.75) is 93.3 Å². The zero-order valence-corrected chi connectivity index (χ0v) is 23.9. The van der Waals surface area contributed by atoms with Crippen LogP contribution in [0.15, 0.2) is 22.3 Å². The first kappa shape index (κ1) is 29.9. The number of fused-ring (bicyclic) bond motifs is 4. The number of hydrogen-bond donors (Lipinski definition) is 2. The second-order valence-corrected chi connectivity index (χ2v) is 12.3. The van der Waals surface area contributed by atoms with E-state index in [-0.39, 0.29) is 47.8 Å². The number of carboxylic acids is 2. The first-order chi connectivity index (χ1) is 17.7. The average molecular weight is 533 g/mol. The molecule has 2 fully saturated rings. The fourth-order valence-corrected chi connectivity index (χ4v) is 7.36. The molecule has 0 saturated heterocycles. The summed E-state index contributed by atoms with van der Waals surface area (Å²) >= 11 is 0. The maximum Gasteiger partial charge on any atom is 0.335 e. The van der Waals surface area contributed by atoms with Gasteiger partial charge in [0.25, 0.3) is 0 Å². The molecule has 0 spiro atoms. The summed E-state index contributed by atoms with van der Waals surface area (Å²) in [6.07, 6.45) is 3.22. The minimum absolute atomic E-state index is 0.0824. The van der Waals surface area contributed by atoms with Gasteiger partial charge in [0, 0.05) is 0 Å². The molecule has 4 rings (SSSR count). The van der Waals surface area contributed by atoms with Crippen molar-refractivity contribution in [3.05, 3.63) is 22.3 Å². The maximum absolute atomic E-state index is 12.2. The Hall–Kier alpha value is -2.64. The fourth-order valence-electron chi connectivity index (χ4n) is 7.36. The van der Waals surface area contributed by atoms with Gasteiger partial charge in [-0.15, -0.1) is 0 Å². The van der Waals surface area contributed by atoms with Gasteiger partial charge >= 0.3 is 23.9 Å². The quantitative estimate of drug-likeness (QED) is 0.320. The highest BCUT2D eigenvalue weighted by atomic mass is 16.5. The Morgan fingerprint density at radius 2 is 0.974 bits per heavy atom. The van der Waals surface area contributed by atoms with Crippen LogP contribution in [0.25, 0.3) is 0 Å². The number of carbonyl (C=O) groups is 4. The Labute approximate surface area is 225 Å². The monoisotopic (exact) mass is 532 g/mol. The highest BCUT2D eigenvalue weighted by Crippen LogP contribution is 2.59. The van der Waals surface area contributed by atoms with Gasteiger partial charge in [0.05, 0.1) is 35.2 Å². The number of ether oxygens (including phenoxy) is 2. The van der Waals surface area contributed by atoms with Gasteiger partial charge in [0.15, 0.2) is 0 Å². The van der Waals surface area contributed by atoms with Gasteiger partial charge < -0.3 is 19.7 Å². The Bertz CT molecular complexity index is 953. The van der Waals surface area contributed by atoms with Crippen LogP contribution in [0.3, 0.4) is 0 Å². The van der Waals surface area contributed by atoms with Crippen LogP contribution >= 0.6 is 0 Å². The first-order valence-electron chi connectivity index (χ1n) is 14.0. The van der Waals surface area contributed by atoms with E-state index in [2.05, 4.69) is 27.7 Å². The molecule has 212 valence electrons. The highest BCUT2D eigenvalue weighted by molar-refractivity contribution is 6.02. The number of allylic oxidation sites excluding steroid dienone is 2. The molecule has 2 saturated carbocycles. The van der Waals surface area contributed by atoms with Crippen molar-refractivity contribution in [1.29, 1.82) is 0 Å². The Morgan fingerprint density at radius 3 is 1.24 bits per heavy atom. The first-order valence-corrected chi connectivity index (χ1v) is 14.0. The van der Waals surface area contributed by atoms with E-state index in [0.29, 0.717) is 29.4 Å². The molecule has 0 radical (unpaired) electrons. The van der Waals surface area contributed by atoms with Crippen molar-refractivity contribution in [2.24, 2.45) is 47.3 Å². The predicted octanol–water partition coefficient (Wildman–Crippen LogP) is 5.26. The van der Waals surface area contributed by atoms with Gasteiger partial charge in [-0.2, -0.15) is 0 Å². The van der Waals surface area contributed by atoms with Gasteiger partial charge in [0.2, 0.25) is 0 Å². The number of hydrogen-bond acceptors (Lipinski definition) is 6. The molecule has 4 bridgehead atoms. The summed E-state index contributed by atoms with van der Waals surface area (Å²) in [4.78, 5) is 47.2. The van der Waals surface area contributed by atoms with Crippen LogP contribution in [-0.2, 0) is 28.7 Å². The van der Waals surface area contributed by atoms with E-state index >= 15 is 0 Å². The van der Waals surface area contributed by atoms with E-state index in [1.807, 2.05) is 27.7 Å². The molecule has 0 heterocycles. The Morgan fingerprint density at radius 1 is 0.632 bits per heavy atom. The third-order valence-electron chi connectivity index (χ3n) is 8.37. The SMILES string of the molecule is CC(C)C1=C(C(C)C)C2CC1C(C(=O)O)C2C(=O)O.CC(C)OC(=O)C1=C(C(=O)OC(C)C)C2CCC1C2. The van der Waals surface area contributed by atoms with Crippen molar-refractivity contribution in [3.8, 4) is 0 Å². The van der Waals surface area contributed by atoms with E-state index in [0.717, 1.165) is 19.3 Å². The maximum atomic E-state index is 12.2. The van der Waals surface area contributed by atoms with Gasteiger partial charge in [-0.05, 0) is 88.9 Å². The summed E-state index contributed by atoms with van der Waals surface area (Å²) < 4.78 is 10.5. The third kappa shape index (κ3) is 5.69. The normalized spacial score (nSPS) is 29.5. The molecule has 0 aliphatic heterocycles. The van der Waals surface area contributed by atoms with Crippen molar-refractivity contribution in [3.63, 3.8) is 0 Å². The topological polar surface area (TPSA) is 127 Å². The zero-order valence-electron chi connectivity index (χ0n) is 23.9. The standard InChI is InChI=1S/2C15H22O4/c1-8(2)18-14(16)12-10-5-6-11(7-10)13(12)15(17)19-9(3)4;1-6(2)10-8-5-9(11(10)7(3)4)13(15(18)19)12(8)14(16)17/h8-11H,5-7H2,1-4H3;6-9,12-13H,5H2,1-4H3,(H,16,17)(H,18,19). The molecule has 0 amide bonds. The summed E-state index contributed by atoms with van der Waals surface area (Å²) in [7, 11) is 0. The summed E-state index contributed by atoms with van der Waals surface area (Å²) in [6, 6.07) is 0. The summed E-state index contributed by atoms with van der Waals surface area (Å²) in [5, 5.41) is 18.8. The van der Waals surface area contributed by atoms with E-state index in [9.17, 15) is 29.4 Å². The van der Waals surface area contributed by atoms with Crippen molar-refractivity contribution < 1.29 is 38.9 Å². The number of esters is 2. The summed E-state index contributed by atoms with van der Waals surface area (Å²) in [6.45, 7) is 15.6. The lowest BCUT2D eigenvalue weighted by molar-refractivity contribution is -0.154. The average Bonchev–Trinajstić information content (AvgIpc) is 3.55. The minimum Gasteiger partial charge on any atom is -0.481 e. The Kier molecular flexibility index (Phi) is 9.15.